The van der Waals surface area contributed by atoms with Crippen molar-refractivity contribution in [3.8, 4) is 0 Å². The van der Waals surface area contributed by atoms with Crippen LogP contribution in [0.4, 0.5) is 4.79 Å². The minimum absolute atomic E-state index is 0.163. The standard InChI is InChI=1S/C17H27N3O3/c1-12-8-13(18-23-12)9-19-10-14-6-5-7-15(11-19)20(14)16(21)22-17(2,3)4/h8,14-15H,5-7,9-11H2,1-4H3/t14-,15+. The first-order valence-corrected chi connectivity index (χ1v) is 8.48. The molecule has 0 spiro atoms. The number of ether oxygens (including phenoxy) is 1. The molecule has 6 heteroatoms. The lowest BCUT2D eigenvalue weighted by atomic mass is 9.91. The van der Waals surface area contributed by atoms with Gasteiger partial charge < -0.3 is 9.26 Å². The van der Waals surface area contributed by atoms with Gasteiger partial charge in [-0.3, -0.25) is 9.80 Å². The number of carbonyl (C=O) groups is 1. The molecule has 0 aromatic carbocycles. The molecular formula is C17H27N3O3. The van der Waals surface area contributed by atoms with Crippen LogP contribution < -0.4 is 0 Å². The molecule has 0 N–H and O–H groups in total. The van der Waals surface area contributed by atoms with Crippen molar-refractivity contribution in [1.82, 2.24) is 15.0 Å². The van der Waals surface area contributed by atoms with E-state index in [0.717, 1.165) is 43.9 Å². The quantitative estimate of drug-likeness (QED) is 0.838. The minimum atomic E-state index is -0.444. The van der Waals surface area contributed by atoms with Crippen LogP contribution in [-0.4, -0.2) is 51.8 Å². The number of rotatable bonds is 2. The average Bonchev–Trinajstić information content (AvgIpc) is 2.81. The first-order valence-electron chi connectivity index (χ1n) is 8.48. The van der Waals surface area contributed by atoms with Crippen molar-refractivity contribution >= 4 is 6.09 Å². The fourth-order valence-corrected chi connectivity index (χ4v) is 3.66. The van der Waals surface area contributed by atoms with Crippen LogP contribution in [0.1, 0.15) is 51.5 Å². The fraction of sp³-hybridized carbons (Fsp3) is 0.765. The summed E-state index contributed by atoms with van der Waals surface area (Å²) >= 11 is 0. The molecule has 3 rings (SSSR count). The van der Waals surface area contributed by atoms with Gasteiger partial charge in [0, 0.05) is 37.8 Å². The van der Waals surface area contributed by atoms with Crippen LogP contribution in [-0.2, 0) is 11.3 Å². The van der Waals surface area contributed by atoms with Crippen LogP contribution in [0.2, 0.25) is 0 Å². The third kappa shape index (κ3) is 3.86. The number of aromatic nitrogens is 1. The highest BCUT2D eigenvalue weighted by Crippen LogP contribution is 2.31. The van der Waals surface area contributed by atoms with E-state index in [1.807, 2.05) is 38.7 Å². The molecule has 1 amide bonds. The molecular weight excluding hydrogens is 294 g/mol. The Bertz CT molecular complexity index is 550. The molecule has 128 valence electrons. The maximum atomic E-state index is 12.6. The van der Waals surface area contributed by atoms with Crippen LogP contribution in [0.25, 0.3) is 0 Å². The topological polar surface area (TPSA) is 58.8 Å². The van der Waals surface area contributed by atoms with Crippen LogP contribution in [0.15, 0.2) is 10.6 Å². The van der Waals surface area contributed by atoms with Gasteiger partial charge in [0.05, 0.1) is 5.69 Å². The van der Waals surface area contributed by atoms with Gasteiger partial charge in [0.1, 0.15) is 11.4 Å². The van der Waals surface area contributed by atoms with Gasteiger partial charge >= 0.3 is 6.09 Å². The summed E-state index contributed by atoms with van der Waals surface area (Å²) in [4.78, 5) is 16.9. The average molecular weight is 321 g/mol. The minimum Gasteiger partial charge on any atom is -0.444 e. The molecule has 2 aliphatic rings. The molecule has 3 heterocycles. The van der Waals surface area contributed by atoms with Crippen LogP contribution in [0, 0.1) is 6.92 Å². The summed E-state index contributed by atoms with van der Waals surface area (Å²) in [7, 11) is 0. The van der Waals surface area contributed by atoms with E-state index in [0.29, 0.717) is 0 Å². The number of amides is 1. The summed E-state index contributed by atoms with van der Waals surface area (Å²) in [6, 6.07) is 2.46. The van der Waals surface area contributed by atoms with E-state index >= 15 is 0 Å². The van der Waals surface area contributed by atoms with Gasteiger partial charge in [-0.15, -0.1) is 0 Å². The molecule has 2 fully saturated rings. The highest BCUT2D eigenvalue weighted by atomic mass is 16.6. The van der Waals surface area contributed by atoms with Gasteiger partial charge in [0.15, 0.2) is 0 Å². The lowest BCUT2D eigenvalue weighted by Gasteiger charge is -2.49. The van der Waals surface area contributed by atoms with Gasteiger partial charge in [0.2, 0.25) is 0 Å². The van der Waals surface area contributed by atoms with E-state index in [4.69, 9.17) is 9.26 Å². The van der Waals surface area contributed by atoms with Gasteiger partial charge in [-0.05, 0) is 47.0 Å². The van der Waals surface area contributed by atoms with Crippen molar-refractivity contribution in [2.24, 2.45) is 0 Å². The molecule has 2 aliphatic heterocycles. The maximum absolute atomic E-state index is 12.6. The Balaban J connectivity index is 1.67. The van der Waals surface area contributed by atoms with E-state index in [2.05, 4.69) is 10.1 Å². The lowest BCUT2D eigenvalue weighted by Crippen LogP contribution is -2.62. The Hall–Kier alpha value is -1.56. The molecule has 0 unspecified atom stereocenters. The normalized spacial score (nSPS) is 25.5. The number of carbonyl (C=O) groups excluding carboxylic acids is 1. The zero-order valence-corrected chi connectivity index (χ0v) is 14.5. The smallest absolute Gasteiger partial charge is 0.410 e. The number of hydrogen-bond donors (Lipinski definition) is 0. The first-order chi connectivity index (χ1) is 10.8. The van der Waals surface area contributed by atoms with Crippen molar-refractivity contribution in [2.75, 3.05) is 13.1 Å². The summed E-state index contributed by atoms with van der Waals surface area (Å²) in [5.41, 5.74) is 0.520. The number of likely N-dealkylation sites (tertiary alicyclic amines) is 1. The predicted octanol–water partition coefficient (Wildman–Crippen LogP) is 2.96. The first kappa shape index (κ1) is 16.3. The Labute approximate surface area is 137 Å². The zero-order valence-electron chi connectivity index (χ0n) is 14.5. The van der Waals surface area contributed by atoms with Crippen molar-refractivity contribution in [2.45, 2.75) is 71.2 Å². The molecule has 0 saturated carbocycles. The van der Waals surface area contributed by atoms with E-state index in [9.17, 15) is 4.79 Å². The van der Waals surface area contributed by atoms with Crippen molar-refractivity contribution in [1.29, 1.82) is 0 Å². The number of aryl methyl sites for hydroxylation is 1. The highest BCUT2D eigenvalue weighted by Gasteiger charge is 2.41. The number of piperazine rings is 1. The fourth-order valence-electron chi connectivity index (χ4n) is 3.66. The van der Waals surface area contributed by atoms with E-state index < -0.39 is 5.60 Å². The van der Waals surface area contributed by atoms with Gasteiger partial charge in [-0.1, -0.05) is 5.16 Å². The maximum Gasteiger partial charge on any atom is 0.410 e. The number of hydrogen-bond acceptors (Lipinski definition) is 5. The molecule has 0 aliphatic carbocycles. The summed E-state index contributed by atoms with van der Waals surface area (Å²) < 4.78 is 10.8. The Kier molecular flexibility index (Phi) is 4.36. The lowest BCUT2D eigenvalue weighted by molar-refractivity contribution is -0.0393. The molecule has 0 radical (unpaired) electrons. The van der Waals surface area contributed by atoms with E-state index in [1.54, 1.807) is 0 Å². The number of nitrogens with zero attached hydrogens (tertiary/aromatic N) is 3. The zero-order chi connectivity index (χ0) is 16.6. The second kappa shape index (κ2) is 6.15. The van der Waals surface area contributed by atoms with Crippen molar-refractivity contribution < 1.29 is 14.1 Å². The number of fused-ring (bicyclic) bond motifs is 2. The molecule has 2 saturated heterocycles. The predicted molar refractivity (Wildman–Crippen MR) is 86.0 cm³/mol. The Morgan fingerprint density at radius 1 is 1.35 bits per heavy atom. The van der Waals surface area contributed by atoms with Crippen molar-refractivity contribution in [3.63, 3.8) is 0 Å². The largest absolute Gasteiger partial charge is 0.444 e. The van der Waals surface area contributed by atoms with E-state index in [-0.39, 0.29) is 18.2 Å². The Morgan fingerprint density at radius 3 is 2.52 bits per heavy atom. The molecule has 23 heavy (non-hydrogen) atoms. The van der Waals surface area contributed by atoms with Crippen LogP contribution >= 0.6 is 0 Å². The van der Waals surface area contributed by atoms with Crippen LogP contribution in [0.3, 0.4) is 0 Å². The van der Waals surface area contributed by atoms with Gasteiger partial charge in [-0.2, -0.15) is 0 Å². The highest BCUT2D eigenvalue weighted by molar-refractivity contribution is 5.69. The SMILES string of the molecule is Cc1cc(CN2C[C@H]3CCC[C@@H](C2)N3C(=O)OC(C)(C)C)no1. The third-order valence-corrected chi connectivity index (χ3v) is 4.47. The molecule has 1 aromatic heterocycles. The monoisotopic (exact) mass is 321 g/mol. The summed E-state index contributed by atoms with van der Waals surface area (Å²) in [6.07, 6.45) is 3.11. The van der Waals surface area contributed by atoms with E-state index in [1.165, 1.54) is 6.42 Å². The van der Waals surface area contributed by atoms with Gasteiger partial charge in [0.25, 0.3) is 0 Å². The molecule has 1 aromatic rings. The van der Waals surface area contributed by atoms with Gasteiger partial charge in [-0.25, -0.2) is 4.79 Å². The summed E-state index contributed by atoms with van der Waals surface area (Å²) in [5, 5.41) is 4.08. The molecule has 6 nitrogen and oxygen atoms in total. The Morgan fingerprint density at radius 2 is 2.00 bits per heavy atom. The number of piperidine rings is 1. The summed E-state index contributed by atoms with van der Waals surface area (Å²) in [5.74, 6) is 0.840. The third-order valence-electron chi connectivity index (χ3n) is 4.47. The molecule has 2 atom stereocenters. The van der Waals surface area contributed by atoms with Crippen molar-refractivity contribution in [3.05, 3.63) is 17.5 Å². The summed E-state index contributed by atoms with van der Waals surface area (Å²) in [6.45, 7) is 10.2. The van der Waals surface area contributed by atoms with Crippen LogP contribution in [0.5, 0.6) is 0 Å². The molecule has 2 bridgehead atoms. The second-order valence-electron chi connectivity index (χ2n) is 7.75. The second-order valence-corrected chi connectivity index (χ2v) is 7.75.